The third kappa shape index (κ3) is 5.73. The monoisotopic (exact) mass is 396 g/mol. The molecule has 0 saturated carbocycles. The molecule has 3 rings (SSSR count). The highest BCUT2D eigenvalue weighted by Gasteiger charge is 2.27. The number of piperidine rings is 1. The van der Waals surface area contributed by atoms with Crippen molar-refractivity contribution in [2.45, 2.75) is 25.8 Å². The third-order valence-electron chi connectivity index (χ3n) is 5.66. The first-order valence-corrected chi connectivity index (χ1v) is 10.3. The maximum atomic E-state index is 13.0. The van der Waals surface area contributed by atoms with E-state index < -0.39 is 0 Å². The number of methoxy groups -OCH3 is 2. The molecule has 156 valence electrons. The summed E-state index contributed by atoms with van der Waals surface area (Å²) in [5.74, 6) is 1.79. The maximum absolute atomic E-state index is 13.0. The molecule has 0 bridgehead atoms. The number of hydrogen-bond donors (Lipinski definition) is 0. The summed E-state index contributed by atoms with van der Waals surface area (Å²) in [5.41, 5.74) is 2.44. The quantitative estimate of drug-likeness (QED) is 0.684. The van der Waals surface area contributed by atoms with E-state index in [0.717, 1.165) is 56.0 Å². The first-order chi connectivity index (χ1) is 14.1. The number of ether oxygens (including phenoxy) is 2. The molecule has 1 amide bonds. The van der Waals surface area contributed by atoms with Crippen molar-refractivity contribution in [1.29, 1.82) is 0 Å². The molecule has 1 heterocycles. The number of amides is 1. The number of benzene rings is 2. The standard InChI is InChI=1S/C24H32N2O3/c1-25(15-13-19-11-12-22(28-2)23(16-19)29-3)24(27)21-10-7-14-26(18-21)17-20-8-5-4-6-9-20/h4-6,8-9,11-12,16,21H,7,10,13-15,17-18H2,1-3H3/t21-/m0/s1. The second kappa shape index (κ2) is 10.3. The lowest BCUT2D eigenvalue weighted by molar-refractivity contribution is -0.136. The summed E-state index contributed by atoms with van der Waals surface area (Å²) in [6.45, 7) is 3.52. The minimum atomic E-state index is 0.0860. The smallest absolute Gasteiger partial charge is 0.226 e. The molecule has 2 aromatic rings. The van der Waals surface area contributed by atoms with E-state index in [-0.39, 0.29) is 11.8 Å². The van der Waals surface area contributed by atoms with Gasteiger partial charge in [0.25, 0.3) is 0 Å². The molecule has 0 unspecified atom stereocenters. The van der Waals surface area contributed by atoms with E-state index in [9.17, 15) is 4.79 Å². The summed E-state index contributed by atoms with van der Waals surface area (Å²) in [7, 11) is 5.19. The van der Waals surface area contributed by atoms with Gasteiger partial charge in [-0.25, -0.2) is 0 Å². The Balaban J connectivity index is 1.52. The van der Waals surface area contributed by atoms with Crippen molar-refractivity contribution < 1.29 is 14.3 Å². The van der Waals surface area contributed by atoms with Gasteiger partial charge < -0.3 is 14.4 Å². The average molecular weight is 397 g/mol. The molecule has 1 atom stereocenters. The second-order valence-corrected chi connectivity index (χ2v) is 7.76. The molecule has 2 aromatic carbocycles. The van der Waals surface area contributed by atoms with Gasteiger partial charge in [-0.05, 0) is 49.1 Å². The first-order valence-electron chi connectivity index (χ1n) is 10.3. The van der Waals surface area contributed by atoms with E-state index in [1.807, 2.05) is 36.2 Å². The number of likely N-dealkylation sites (N-methyl/N-ethyl adjacent to an activating group) is 1. The van der Waals surface area contributed by atoms with Crippen LogP contribution in [0.25, 0.3) is 0 Å². The fourth-order valence-electron chi connectivity index (χ4n) is 4.00. The summed E-state index contributed by atoms with van der Waals surface area (Å²) in [4.78, 5) is 17.3. The molecule has 5 nitrogen and oxygen atoms in total. The van der Waals surface area contributed by atoms with Gasteiger partial charge in [0.05, 0.1) is 20.1 Å². The van der Waals surface area contributed by atoms with Crippen LogP contribution in [0.1, 0.15) is 24.0 Å². The highest BCUT2D eigenvalue weighted by molar-refractivity contribution is 5.79. The van der Waals surface area contributed by atoms with E-state index in [0.29, 0.717) is 6.54 Å². The lowest BCUT2D eigenvalue weighted by atomic mass is 9.96. The Hall–Kier alpha value is -2.53. The fourth-order valence-corrected chi connectivity index (χ4v) is 4.00. The van der Waals surface area contributed by atoms with Crippen molar-refractivity contribution in [1.82, 2.24) is 9.80 Å². The Kier molecular flexibility index (Phi) is 7.53. The Morgan fingerprint density at radius 1 is 1.07 bits per heavy atom. The highest BCUT2D eigenvalue weighted by atomic mass is 16.5. The largest absolute Gasteiger partial charge is 0.493 e. The fraction of sp³-hybridized carbons (Fsp3) is 0.458. The van der Waals surface area contributed by atoms with E-state index in [2.05, 4.69) is 29.2 Å². The van der Waals surface area contributed by atoms with Gasteiger partial charge in [0.15, 0.2) is 11.5 Å². The SMILES string of the molecule is COc1ccc(CCN(C)C(=O)[C@H]2CCCN(Cc3ccccc3)C2)cc1OC. The van der Waals surface area contributed by atoms with Crippen LogP contribution in [0.5, 0.6) is 11.5 Å². The summed E-state index contributed by atoms with van der Waals surface area (Å²) in [6.07, 6.45) is 2.85. The zero-order chi connectivity index (χ0) is 20.6. The van der Waals surface area contributed by atoms with Crippen LogP contribution >= 0.6 is 0 Å². The van der Waals surface area contributed by atoms with Crippen LogP contribution in [-0.4, -0.2) is 56.6 Å². The molecule has 0 aliphatic carbocycles. The Morgan fingerprint density at radius 3 is 2.55 bits per heavy atom. The third-order valence-corrected chi connectivity index (χ3v) is 5.66. The van der Waals surface area contributed by atoms with Gasteiger partial charge in [-0.3, -0.25) is 9.69 Å². The Morgan fingerprint density at radius 2 is 1.83 bits per heavy atom. The van der Waals surface area contributed by atoms with Crippen LogP contribution in [0.15, 0.2) is 48.5 Å². The topological polar surface area (TPSA) is 42.0 Å². The molecule has 0 spiro atoms. The maximum Gasteiger partial charge on any atom is 0.226 e. The van der Waals surface area contributed by atoms with Crippen LogP contribution in [-0.2, 0) is 17.8 Å². The van der Waals surface area contributed by atoms with Crippen LogP contribution in [0.2, 0.25) is 0 Å². The number of hydrogen-bond acceptors (Lipinski definition) is 4. The molecule has 1 saturated heterocycles. The van der Waals surface area contributed by atoms with Crippen LogP contribution in [0.4, 0.5) is 0 Å². The highest BCUT2D eigenvalue weighted by Crippen LogP contribution is 2.28. The summed E-state index contributed by atoms with van der Waals surface area (Å²) < 4.78 is 10.7. The molecular weight excluding hydrogens is 364 g/mol. The molecule has 1 aliphatic heterocycles. The summed E-state index contributed by atoms with van der Waals surface area (Å²) in [5, 5.41) is 0. The normalized spacial score (nSPS) is 17.0. The van der Waals surface area contributed by atoms with Crippen molar-refractivity contribution >= 4 is 5.91 Å². The van der Waals surface area contributed by atoms with Gasteiger partial charge in [-0.1, -0.05) is 36.4 Å². The molecule has 0 radical (unpaired) electrons. The number of likely N-dealkylation sites (tertiary alicyclic amines) is 1. The zero-order valence-corrected chi connectivity index (χ0v) is 17.8. The molecule has 1 aliphatic rings. The van der Waals surface area contributed by atoms with Gasteiger partial charge in [-0.2, -0.15) is 0 Å². The van der Waals surface area contributed by atoms with Gasteiger partial charge in [0, 0.05) is 26.7 Å². The lowest BCUT2D eigenvalue weighted by Crippen LogP contribution is -2.43. The molecule has 1 fully saturated rings. The molecular formula is C24H32N2O3. The summed E-state index contributed by atoms with van der Waals surface area (Å²) >= 11 is 0. The molecule has 5 heteroatoms. The minimum Gasteiger partial charge on any atom is -0.493 e. The van der Waals surface area contributed by atoms with Crippen molar-refractivity contribution in [2.24, 2.45) is 5.92 Å². The molecule has 0 aromatic heterocycles. The number of carbonyl (C=O) groups excluding carboxylic acids is 1. The number of carbonyl (C=O) groups is 1. The van der Waals surface area contributed by atoms with Gasteiger partial charge in [-0.15, -0.1) is 0 Å². The molecule has 29 heavy (non-hydrogen) atoms. The van der Waals surface area contributed by atoms with Crippen LogP contribution < -0.4 is 9.47 Å². The number of rotatable bonds is 8. The molecule has 0 N–H and O–H groups in total. The van der Waals surface area contributed by atoms with Crippen molar-refractivity contribution in [3.05, 3.63) is 59.7 Å². The lowest BCUT2D eigenvalue weighted by Gasteiger charge is -2.34. The Labute approximate surface area is 174 Å². The average Bonchev–Trinajstić information content (AvgIpc) is 2.77. The zero-order valence-electron chi connectivity index (χ0n) is 17.8. The Bertz CT molecular complexity index is 794. The van der Waals surface area contributed by atoms with Gasteiger partial charge >= 0.3 is 0 Å². The second-order valence-electron chi connectivity index (χ2n) is 7.76. The van der Waals surface area contributed by atoms with Crippen molar-refractivity contribution in [2.75, 3.05) is 40.9 Å². The van der Waals surface area contributed by atoms with Gasteiger partial charge in [0.1, 0.15) is 0 Å². The van der Waals surface area contributed by atoms with Crippen LogP contribution in [0, 0.1) is 5.92 Å². The first kappa shape index (κ1) is 21.2. The number of nitrogens with zero attached hydrogens (tertiary/aromatic N) is 2. The van der Waals surface area contributed by atoms with E-state index in [1.165, 1.54) is 5.56 Å². The van der Waals surface area contributed by atoms with Crippen molar-refractivity contribution in [3.63, 3.8) is 0 Å². The van der Waals surface area contributed by atoms with E-state index in [1.54, 1.807) is 14.2 Å². The minimum absolute atomic E-state index is 0.0860. The summed E-state index contributed by atoms with van der Waals surface area (Å²) in [6, 6.07) is 16.4. The predicted octanol–water partition coefficient (Wildman–Crippen LogP) is 3.62. The predicted molar refractivity (Wildman–Crippen MR) is 115 cm³/mol. The van der Waals surface area contributed by atoms with E-state index >= 15 is 0 Å². The van der Waals surface area contributed by atoms with E-state index in [4.69, 9.17) is 9.47 Å². The van der Waals surface area contributed by atoms with Crippen molar-refractivity contribution in [3.8, 4) is 11.5 Å². The van der Waals surface area contributed by atoms with Crippen LogP contribution in [0.3, 0.4) is 0 Å². The van der Waals surface area contributed by atoms with Gasteiger partial charge in [0.2, 0.25) is 5.91 Å².